The van der Waals surface area contributed by atoms with E-state index in [0.29, 0.717) is 18.5 Å². The Bertz CT molecular complexity index is 772. The van der Waals surface area contributed by atoms with Gasteiger partial charge in [-0.05, 0) is 37.1 Å². The highest BCUT2D eigenvalue weighted by atomic mass is 32.2. The first kappa shape index (κ1) is 27.5. The van der Waals surface area contributed by atoms with Crippen LogP contribution >= 0.6 is 0 Å². The Kier molecular flexibility index (Phi) is 12.7. The average Bonchev–Trinajstić information content (AvgIpc) is 2.81. The second kappa shape index (κ2) is 15.2. The van der Waals surface area contributed by atoms with Crippen LogP contribution in [0.1, 0.15) is 90.9 Å². The number of sulfonamides is 1. The molecule has 1 aromatic carbocycles. The number of amides is 1. The summed E-state index contributed by atoms with van der Waals surface area (Å²) in [4.78, 5) is 16.7. The Morgan fingerprint density at radius 1 is 0.788 bits per heavy atom. The summed E-state index contributed by atoms with van der Waals surface area (Å²) >= 11 is 0. The third-order valence-corrected chi connectivity index (χ3v) is 7.77. The monoisotopic (exact) mass is 479 g/mol. The van der Waals surface area contributed by atoms with Gasteiger partial charge in [0.2, 0.25) is 15.9 Å². The molecule has 1 aliphatic heterocycles. The molecule has 0 saturated carbocycles. The van der Waals surface area contributed by atoms with Crippen LogP contribution in [0, 0.1) is 0 Å². The number of benzene rings is 1. The van der Waals surface area contributed by atoms with Crippen LogP contribution in [0.15, 0.2) is 24.3 Å². The predicted molar refractivity (Wildman–Crippen MR) is 139 cm³/mol. The first-order valence-electron chi connectivity index (χ1n) is 13.1. The van der Waals surface area contributed by atoms with Crippen LogP contribution in [0.3, 0.4) is 0 Å². The Balaban J connectivity index is 1.71. The molecule has 1 aliphatic rings. The molecule has 0 spiro atoms. The van der Waals surface area contributed by atoms with Crippen molar-refractivity contribution in [3.8, 4) is 0 Å². The maximum Gasteiger partial charge on any atom is 0.232 e. The molecule has 1 heterocycles. The zero-order chi connectivity index (χ0) is 23.9. The summed E-state index contributed by atoms with van der Waals surface area (Å²) in [6, 6.07) is 7.60. The maximum absolute atomic E-state index is 12.4. The van der Waals surface area contributed by atoms with E-state index in [-0.39, 0.29) is 11.7 Å². The fraction of sp³-hybridized carbons (Fsp3) is 0.731. The van der Waals surface area contributed by atoms with Gasteiger partial charge in [0.15, 0.2) is 0 Å². The summed E-state index contributed by atoms with van der Waals surface area (Å²) in [5, 5.41) is 0. The van der Waals surface area contributed by atoms with Gasteiger partial charge in [-0.2, -0.15) is 0 Å². The summed E-state index contributed by atoms with van der Waals surface area (Å²) < 4.78 is 27.4. The van der Waals surface area contributed by atoms with Crippen molar-refractivity contribution < 1.29 is 13.2 Å². The lowest BCUT2D eigenvalue weighted by molar-refractivity contribution is -0.131. The number of hydrogen-bond donors (Lipinski definition) is 1. The fourth-order valence-electron chi connectivity index (χ4n) is 4.30. The third-order valence-electron chi connectivity index (χ3n) is 6.40. The summed E-state index contributed by atoms with van der Waals surface area (Å²) in [6.07, 6.45) is 12.9. The smallest absolute Gasteiger partial charge is 0.232 e. The van der Waals surface area contributed by atoms with Gasteiger partial charge in [0.1, 0.15) is 0 Å². The van der Waals surface area contributed by atoms with E-state index in [9.17, 15) is 13.2 Å². The van der Waals surface area contributed by atoms with Crippen LogP contribution in [-0.4, -0.2) is 51.2 Å². The van der Waals surface area contributed by atoms with Gasteiger partial charge in [-0.3, -0.25) is 9.52 Å². The second-order valence-corrected chi connectivity index (χ2v) is 11.1. The summed E-state index contributed by atoms with van der Waals surface area (Å²) in [5.74, 6) is 0.455. The van der Waals surface area contributed by atoms with Gasteiger partial charge in [-0.25, -0.2) is 8.42 Å². The summed E-state index contributed by atoms with van der Waals surface area (Å²) in [5.41, 5.74) is 1.68. The molecular weight excluding hydrogens is 434 g/mol. The van der Waals surface area contributed by atoms with Crippen LogP contribution in [0.25, 0.3) is 0 Å². The van der Waals surface area contributed by atoms with Crippen molar-refractivity contribution in [3.05, 3.63) is 24.3 Å². The lowest BCUT2D eigenvalue weighted by Crippen LogP contribution is -2.48. The van der Waals surface area contributed by atoms with Crippen molar-refractivity contribution in [1.29, 1.82) is 0 Å². The molecule has 33 heavy (non-hydrogen) atoms. The van der Waals surface area contributed by atoms with E-state index in [1.165, 1.54) is 38.5 Å². The number of carbonyl (C=O) groups excluding carboxylic acids is 1. The first-order chi connectivity index (χ1) is 15.9. The minimum Gasteiger partial charge on any atom is -0.368 e. The molecule has 0 bridgehead atoms. The molecule has 1 amide bonds. The number of piperazine rings is 1. The van der Waals surface area contributed by atoms with Gasteiger partial charge in [0.25, 0.3) is 0 Å². The standard InChI is InChI=1S/C26H45N3O3S/c1-3-5-7-9-11-13-23-33(31,32)27-24-15-17-25(18-16-24)28-19-21-29(22-20-28)26(30)14-12-10-8-6-4-2/h15-18,27H,3-14,19-23H2,1-2H3. The van der Waals surface area contributed by atoms with E-state index in [4.69, 9.17) is 0 Å². The normalized spacial score (nSPS) is 14.5. The minimum atomic E-state index is -3.30. The van der Waals surface area contributed by atoms with Crippen molar-refractivity contribution in [3.63, 3.8) is 0 Å². The quantitative estimate of drug-likeness (QED) is 0.304. The van der Waals surface area contributed by atoms with Gasteiger partial charge in [-0.1, -0.05) is 71.6 Å². The van der Waals surface area contributed by atoms with Gasteiger partial charge in [0.05, 0.1) is 5.75 Å². The van der Waals surface area contributed by atoms with Crippen molar-refractivity contribution in [2.75, 3.05) is 41.6 Å². The Hall–Kier alpha value is -1.76. The average molecular weight is 480 g/mol. The highest BCUT2D eigenvalue weighted by Crippen LogP contribution is 2.21. The van der Waals surface area contributed by atoms with Gasteiger partial charge < -0.3 is 9.80 Å². The molecule has 0 atom stereocenters. The molecule has 188 valence electrons. The zero-order valence-corrected chi connectivity index (χ0v) is 21.7. The van der Waals surface area contributed by atoms with Crippen molar-refractivity contribution >= 4 is 27.3 Å². The van der Waals surface area contributed by atoms with Crippen molar-refractivity contribution in [2.45, 2.75) is 90.9 Å². The molecule has 0 unspecified atom stereocenters. The van der Waals surface area contributed by atoms with Gasteiger partial charge in [0, 0.05) is 44.0 Å². The Morgan fingerprint density at radius 2 is 1.33 bits per heavy atom. The molecule has 0 aromatic heterocycles. The van der Waals surface area contributed by atoms with Gasteiger partial charge >= 0.3 is 0 Å². The maximum atomic E-state index is 12.4. The summed E-state index contributed by atoms with van der Waals surface area (Å²) in [7, 11) is -3.30. The molecule has 1 aromatic rings. The second-order valence-electron chi connectivity index (χ2n) is 9.27. The Morgan fingerprint density at radius 3 is 1.94 bits per heavy atom. The summed E-state index contributed by atoms with van der Waals surface area (Å²) in [6.45, 7) is 7.50. The molecular formula is C26H45N3O3S. The van der Waals surface area contributed by atoms with Crippen LogP contribution in [0.4, 0.5) is 11.4 Å². The molecule has 1 fully saturated rings. The third kappa shape index (κ3) is 10.8. The minimum absolute atomic E-state index is 0.176. The van der Waals surface area contributed by atoms with Crippen LogP contribution < -0.4 is 9.62 Å². The number of nitrogens with one attached hydrogen (secondary N) is 1. The SMILES string of the molecule is CCCCCCCCS(=O)(=O)Nc1ccc(N2CCN(C(=O)CCCCCCC)CC2)cc1. The Labute approximate surface area is 202 Å². The highest BCUT2D eigenvalue weighted by Gasteiger charge is 2.21. The van der Waals surface area contributed by atoms with E-state index < -0.39 is 10.0 Å². The van der Waals surface area contributed by atoms with E-state index in [1.807, 2.05) is 29.2 Å². The number of hydrogen-bond acceptors (Lipinski definition) is 4. The van der Waals surface area contributed by atoms with E-state index in [1.54, 1.807) is 0 Å². The van der Waals surface area contributed by atoms with Crippen LogP contribution in [0.5, 0.6) is 0 Å². The lowest BCUT2D eigenvalue weighted by Gasteiger charge is -2.36. The number of anilines is 2. The lowest BCUT2D eigenvalue weighted by atomic mass is 10.1. The molecule has 6 nitrogen and oxygen atoms in total. The zero-order valence-electron chi connectivity index (χ0n) is 20.9. The van der Waals surface area contributed by atoms with Crippen molar-refractivity contribution in [2.24, 2.45) is 0 Å². The highest BCUT2D eigenvalue weighted by molar-refractivity contribution is 7.92. The van der Waals surface area contributed by atoms with Gasteiger partial charge in [-0.15, -0.1) is 0 Å². The van der Waals surface area contributed by atoms with E-state index in [2.05, 4.69) is 23.5 Å². The topological polar surface area (TPSA) is 69.7 Å². The van der Waals surface area contributed by atoms with Crippen LogP contribution in [0.2, 0.25) is 0 Å². The number of carbonyl (C=O) groups is 1. The number of rotatable bonds is 16. The van der Waals surface area contributed by atoms with E-state index >= 15 is 0 Å². The molecule has 1 saturated heterocycles. The first-order valence-corrected chi connectivity index (χ1v) is 14.7. The largest absolute Gasteiger partial charge is 0.368 e. The molecule has 1 N–H and O–H groups in total. The molecule has 7 heteroatoms. The van der Waals surface area contributed by atoms with Crippen LogP contribution in [-0.2, 0) is 14.8 Å². The molecule has 0 radical (unpaired) electrons. The fourth-order valence-corrected chi connectivity index (χ4v) is 5.48. The predicted octanol–water partition coefficient (Wildman–Crippen LogP) is 5.80. The van der Waals surface area contributed by atoms with Crippen molar-refractivity contribution in [1.82, 2.24) is 4.90 Å². The molecule has 2 rings (SSSR count). The number of unbranched alkanes of at least 4 members (excludes halogenated alkanes) is 9. The number of nitrogens with zero attached hydrogens (tertiary/aromatic N) is 2. The van der Waals surface area contributed by atoms with E-state index in [0.717, 1.165) is 57.5 Å². The molecule has 0 aliphatic carbocycles.